The van der Waals surface area contributed by atoms with Gasteiger partial charge in [-0.15, -0.1) is 0 Å². The Morgan fingerprint density at radius 3 is 2.88 bits per heavy atom. The van der Waals surface area contributed by atoms with E-state index in [2.05, 4.69) is 25.0 Å². The standard InChI is InChI=1S/C17H17N5O3/c1-25-15(24)5-4-13(23)16-12-8-11(3-2-10(12)9-20-16)21-14-6-7-19-17(18)22-14/h2-3,6-8H,4-5,9H2,1H3,(H3,18,19,21,22). The van der Waals surface area contributed by atoms with Crippen LogP contribution in [0.3, 0.4) is 0 Å². The zero-order valence-electron chi connectivity index (χ0n) is 13.7. The van der Waals surface area contributed by atoms with Gasteiger partial charge < -0.3 is 15.8 Å². The number of aromatic nitrogens is 2. The van der Waals surface area contributed by atoms with E-state index < -0.39 is 5.97 Å². The lowest BCUT2D eigenvalue weighted by atomic mass is 10.00. The van der Waals surface area contributed by atoms with Gasteiger partial charge in [0.05, 0.1) is 20.1 Å². The molecule has 0 atom stereocenters. The first-order valence-electron chi connectivity index (χ1n) is 7.70. The predicted octanol–water partition coefficient (Wildman–Crippen LogP) is 1.63. The summed E-state index contributed by atoms with van der Waals surface area (Å²) in [6, 6.07) is 7.33. The number of nitrogens with two attached hydrogens (primary N) is 1. The molecule has 0 spiro atoms. The molecule has 0 aliphatic carbocycles. The van der Waals surface area contributed by atoms with E-state index in [1.165, 1.54) is 7.11 Å². The molecule has 1 aromatic heterocycles. The van der Waals surface area contributed by atoms with Crippen molar-refractivity contribution < 1.29 is 14.3 Å². The Morgan fingerprint density at radius 1 is 1.28 bits per heavy atom. The van der Waals surface area contributed by atoms with Gasteiger partial charge in [0.2, 0.25) is 5.95 Å². The van der Waals surface area contributed by atoms with Crippen molar-refractivity contribution in [1.29, 1.82) is 0 Å². The number of rotatable bonds is 6. The number of benzene rings is 1. The lowest BCUT2D eigenvalue weighted by Crippen LogP contribution is -2.16. The van der Waals surface area contributed by atoms with Crippen molar-refractivity contribution in [3.63, 3.8) is 0 Å². The van der Waals surface area contributed by atoms with Gasteiger partial charge in [-0.05, 0) is 23.8 Å². The molecule has 3 N–H and O–H groups in total. The first kappa shape index (κ1) is 16.6. The summed E-state index contributed by atoms with van der Waals surface area (Å²) >= 11 is 0. The third-order valence-corrected chi connectivity index (χ3v) is 3.77. The Bertz CT molecular complexity index is 863. The van der Waals surface area contributed by atoms with Crippen LogP contribution in [0.25, 0.3) is 0 Å². The van der Waals surface area contributed by atoms with Crippen LogP contribution >= 0.6 is 0 Å². The molecular weight excluding hydrogens is 322 g/mol. The van der Waals surface area contributed by atoms with Gasteiger partial charge in [-0.1, -0.05) is 6.07 Å². The van der Waals surface area contributed by atoms with Gasteiger partial charge >= 0.3 is 5.97 Å². The molecule has 0 bridgehead atoms. The van der Waals surface area contributed by atoms with Crippen LogP contribution < -0.4 is 11.1 Å². The number of nitrogen functional groups attached to an aromatic ring is 1. The second-order valence-electron chi connectivity index (χ2n) is 5.46. The molecule has 2 aromatic rings. The van der Waals surface area contributed by atoms with Crippen LogP contribution in [0.15, 0.2) is 35.5 Å². The van der Waals surface area contributed by atoms with Crippen LogP contribution in [0.4, 0.5) is 17.5 Å². The van der Waals surface area contributed by atoms with Crippen molar-refractivity contribution in [2.75, 3.05) is 18.2 Å². The van der Waals surface area contributed by atoms with E-state index in [1.54, 1.807) is 12.3 Å². The molecule has 0 fully saturated rings. The number of nitrogens with one attached hydrogen (secondary N) is 1. The van der Waals surface area contributed by atoms with Gasteiger partial charge in [-0.3, -0.25) is 14.6 Å². The van der Waals surface area contributed by atoms with Crippen molar-refractivity contribution in [2.45, 2.75) is 19.4 Å². The minimum Gasteiger partial charge on any atom is -0.469 e. The normalized spacial score (nSPS) is 12.3. The summed E-state index contributed by atoms with van der Waals surface area (Å²) in [7, 11) is 1.30. The maximum absolute atomic E-state index is 12.3. The van der Waals surface area contributed by atoms with Gasteiger partial charge in [-0.2, -0.15) is 4.98 Å². The van der Waals surface area contributed by atoms with E-state index in [0.717, 1.165) is 16.8 Å². The van der Waals surface area contributed by atoms with Gasteiger partial charge in [-0.25, -0.2) is 4.98 Å². The number of carbonyl (C=O) groups is 2. The third kappa shape index (κ3) is 3.79. The largest absolute Gasteiger partial charge is 0.469 e. The molecule has 0 saturated carbocycles. The van der Waals surface area contributed by atoms with E-state index in [0.29, 0.717) is 18.1 Å². The minimum atomic E-state index is -0.413. The van der Waals surface area contributed by atoms with E-state index in [9.17, 15) is 9.59 Å². The number of hydrogen-bond acceptors (Lipinski definition) is 8. The summed E-state index contributed by atoms with van der Waals surface area (Å²) in [5.41, 5.74) is 8.45. The number of carbonyl (C=O) groups excluding carboxylic acids is 2. The Kier molecular flexibility index (Phi) is 4.69. The number of methoxy groups -OCH3 is 1. The number of fused-ring (bicyclic) bond motifs is 1. The second kappa shape index (κ2) is 7.08. The summed E-state index contributed by atoms with van der Waals surface area (Å²) in [4.78, 5) is 35.8. The van der Waals surface area contributed by atoms with Gasteiger partial charge in [0.1, 0.15) is 11.5 Å². The van der Waals surface area contributed by atoms with E-state index in [4.69, 9.17) is 5.73 Å². The zero-order chi connectivity index (χ0) is 17.8. The summed E-state index contributed by atoms with van der Waals surface area (Å²) in [6.07, 6.45) is 1.67. The van der Waals surface area contributed by atoms with Crippen LogP contribution in [-0.4, -0.2) is 34.5 Å². The summed E-state index contributed by atoms with van der Waals surface area (Å²) in [6.45, 7) is 0.454. The number of hydrogen-bond donors (Lipinski definition) is 2. The highest BCUT2D eigenvalue weighted by Crippen LogP contribution is 2.25. The fourth-order valence-corrected chi connectivity index (χ4v) is 2.53. The topological polar surface area (TPSA) is 120 Å². The van der Waals surface area contributed by atoms with Crippen molar-refractivity contribution in [3.05, 3.63) is 41.6 Å². The molecule has 0 unspecified atom stereocenters. The zero-order valence-corrected chi connectivity index (χ0v) is 13.7. The highest BCUT2D eigenvalue weighted by molar-refractivity contribution is 6.47. The van der Waals surface area contributed by atoms with Crippen LogP contribution in [0.2, 0.25) is 0 Å². The molecule has 1 aliphatic rings. The molecule has 128 valence electrons. The van der Waals surface area contributed by atoms with Gasteiger partial charge in [0, 0.05) is 23.9 Å². The average molecular weight is 339 g/mol. The number of ether oxygens (including phenoxy) is 1. The molecule has 25 heavy (non-hydrogen) atoms. The monoisotopic (exact) mass is 339 g/mol. The Hall–Kier alpha value is -3.29. The smallest absolute Gasteiger partial charge is 0.305 e. The fraction of sp³-hybridized carbons (Fsp3) is 0.235. The second-order valence-corrected chi connectivity index (χ2v) is 5.46. The lowest BCUT2D eigenvalue weighted by Gasteiger charge is -2.09. The Balaban J connectivity index is 1.76. The van der Waals surface area contributed by atoms with Crippen molar-refractivity contribution in [2.24, 2.45) is 4.99 Å². The fourth-order valence-electron chi connectivity index (χ4n) is 2.53. The summed E-state index contributed by atoms with van der Waals surface area (Å²) in [5.74, 6) is 0.142. The molecule has 3 rings (SSSR count). The number of Topliss-reactive ketones (excluding diaryl/α,β-unsaturated/α-hetero) is 1. The molecule has 0 saturated heterocycles. The molecule has 1 aliphatic heterocycles. The number of anilines is 3. The Labute approximate surface area is 144 Å². The van der Waals surface area contributed by atoms with Gasteiger partial charge in [0.15, 0.2) is 5.78 Å². The first-order chi connectivity index (χ1) is 12.1. The first-order valence-corrected chi connectivity index (χ1v) is 7.70. The molecule has 0 amide bonds. The maximum atomic E-state index is 12.3. The SMILES string of the molecule is COC(=O)CCC(=O)C1=NCc2ccc(Nc3ccnc(N)n3)cc21. The van der Waals surface area contributed by atoms with Gasteiger partial charge in [0.25, 0.3) is 0 Å². The number of nitrogens with zero attached hydrogens (tertiary/aromatic N) is 3. The number of esters is 1. The average Bonchev–Trinajstić information content (AvgIpc) is 3.02. The van der Waals surface area contributed by atoms with E-state index in [-0.39, 0.29) is 24.6 Å². The van der Waals surface area contributed by atoms with Crippen LogP contribution in [0.1, 0.15) is 24.0 Å². The molecule has 2 heterocycles. The maximum Gasteiger partial charge on any atom is 0.305 e. The highest BCUT2D eigenvalue weighted by Gasteiger charge is 2.23. The third-order valence-electron chi connectivity index (χ3n) is 3.77. The van der Waals surface area contributed by atoms with E-state index in [1.807, 2.05) is 18.2 Å². The number of aliphatic imine (C=N–C) groups is 1. The molecule has 1 aromatic carbocycles. The van der Waals surface area contributed by atoms with Crippen molar-refractivity contribution in [1.82, 2.24) is 9.97 Å². The molecule has 0 radical (unpaired) electrons. The Morgan fingerprint density at radius 2 is 2.12 bits per heavy atom. The van der Waals surface area contributed by atoms with Crippen molar-refractivity contribution >= 4 is 34.9 Å². The quantitative estimate of drug-likeness (QED) is 0.767. The molecule has 8 nitrogen and oxygen atoms in total. The predicted molar refractivity (Wildman–Crippen MR) is 92.7 cm³/mol. The van der Waals surface area contributed by atoms with Crippen LogP contribution in [0.5, 0.6) is 0 Å². The lowest BCUT2D eigenvalue weighted by molar-refractivity contribution is -0.141. The van der Waals surface area contributed by atoms with Crippen LogP contribution in [-0.2, 0) is 20.9 Å². The minimum absolute atomic E-state index is 0.0435. The number of ketones is 1. The van der Waals surface area contributed by atoms with Crippen molar-refractivity contribution in [3.8, 4) is 0 Å². The molecular formula is C17H17N5O3. The van der Waals surface area contributed by atoms with E-state index >= 15 is 0 Å². The summed E-state index contributed by atoms with van der Waals surface area (Å²) in [5, 5.41) is 3.12. The summed E-state index contributed by atoms with van der Waals surface area (Å²) < 4.78 is 4.56. The van der Waals surface area contributed by atoms with Crippen LogP contribution in [0, 0.1) is 0 Å². The highest BCUT2D eigenvalue weighted by atomic mass is 16.5. The molecule has 8 heteroatoms.